The van der Waals surface area contributed by atoms with Gasteiger partial charge in [0.1, 0.15) is 5.82 Å². The molecule has 1 aromatic heterocycles. The first-order valence-electron chi connectivity index (χ1n) is 6.04. The summed E-state index contributed by atoms with van der Waals surface area (Å²) in [6, 6.07) is 5.39. The van der Waals surface area contributed by atoms with E-state index in [0.29, 0.717) is 5.69 Å². The molecule has 0 spiro atoms. The molecule has 1 amide bonds. The lowest BCUT2D eigenvalue weighted by atomic mass is 10.2. The van der Waals surface area contributed by atoms with E-state index in [9.17, 15) is 22.4 Å². The number of benzene rings is 1. The maximum Gasteiger partial charge on any atom is 0.471 e. The molecule has 1 N–H and O–H groups in total. The van der Waals surface area contributed by atoms with Crippen LogP contribution in [0.2, 0.25) is 5.02 Å². The maximum absolute atomic E-state index is 13.7. The molecule has 0 fully saturated rings. The normalized spacial score (nSPS) is 11.5. The van der Waals surface area contributed by atoms with Crippen LogP contribution in [-0.2, 0) is 11.3 Å². The standard InChI is InChI=1S/C13H10ClF4N3O/c1-7-5-11(19-12(22)13(16,17)18)20-21(7)6-8-9(14)3-2-4-10(8)15/h2-5H,6H2,1H3,(H,19,20,22). The molecule has 2 rings (SSSR count). The molecule has 0 aliphatic rings. The molecular formula is C13H10ClF4N3O. The number of halogens is 5. The minimum absolute atomic E-state index is 0.0702. The maximum atomic E-state index is 13.7. The van der Waals surface area contributed by atoms with E-state index in [4.69, 9.17) is 11.6 Å². The molecule has 2 aromatic rings. The lowest BCUT2D eigenvalue weighted by molar-refractivity contribution is -0.167. The molecule has 9 heteroatoms. The van der Waals surface area contributed by atoms with Crippen LogP contribution in [0.1, 0.15) is 11.3 Å². The number of nitrogens with one attached hydrogen (secondary N) is 1. The minimum Gasteiger partial charge on any atom is -0.301 e. The van der Waals surface area contributed by atoms with Gasteiger partial charge < -0.3 is 5.32 Å². The van der Waals surface area contributed by atoms with Crippen molar-refractivity contribution in [1.29, 1.82) is 0 Å². The number of aromatic nitrogens is 2. The van der Waals surface area contributed by atoms with E-state index in [2.05, 4.69) is 5.10 Å². The molecule has 0 bridgehead atoms. The van der Waals surface area contributed by atoms with Crippen LogP contribution >= 0.6 is 11.6 Å². The van der Waals surface area contributed by atoms with Gasteiger partial charge in [0.15, 0.2) is 5.82 Å². The monoisotopic (exact) mass is 335 g/mol. The van der Waals surface area contributed by atoms with E-state index in [-0.39, 0.29) is 22.9 Å². The average Bonchev–Trinajstić information content (AvgIpc) is 2.73. The second kappa shape index (κ2) is 5.96. The number of hydrogen-bond acceptors (Lipinski definition) is 2. The SMILES string of the molecule is Cc1cc(NC(=O)C(F)(F)F)nn1Cc1c(F)cccc1Cl. The van der Waals surface area contributed by atoms with E-state index in [1.54, 1.807) is 12.2 Å². The molecule has 22 heavy (non-hydrogen) atoms. The largest absolute Gasteiger partial charge is 0.471 e. The zero-order chi connectivity index (χ0) is 16.5. The highest BCUT2D eigenvalue weighted by Gasteiger charge is 2.39. The zero-order valence-corrected chi connectivity index (χ0v) is 12.0. The number of hydrogen-bond donors (Lipinski definition) is 1. The van der Waals surface area contributed by atoms with Gasteiger partial charge in [0.05, 0.1) is 6.54 Å². The molecule has 1 heterocycles. The van der Waals surface area contributed by atoms with E-state index >= 15 is 0 Å². The third kappa shape index (κ3) is 3.56. The van der Waals surface area contributed by atoms with Crippen molar-refractivity contribution in [2.75, 3.05) is 5.32 Å². The topological polar surface area (TPSA) is 46.9 Å². The molecule has 0 atom stereocenters. The highest BCUT2D eigenvalue weighted by Crippen LogP contribution is 2.22. The Morgan fingerprint density at radius 3 is 2.68 bits per heavy atom. The van der Waals surface area contributed by atoms with Gasteiger partial charge in [-0.15, -0.1) is 0 Å². The Morgan fingerprint density at radius 1 is 1.41 bits per heavy atom. The number of rotatable bonds is 3. The molecule has 0 radical (unpaired) electrons. The van der Waals surface area contributed by atoms with Gasteiger partial charge in [-0.05, 0) is 19.1 Å². The van der Waals surface area contributed by atoms with Crippen LogP contribution in [0.5, 0.6) is 0 Å². The van der Waals surface area contributed by atoms with Crippen LogP contribution in [0.25, 0.3) is 0 Å². The summed E-state index contributed by atoms with van der Waals surface area (Å²) in [6.45, 7) is 1.49. The molecule has 0 saturated carbocycles. The summed E-state index contributed by atoms with van der Waals surface area (Å²) < 4.78 is 51.5. The number of amides is 1. The summed E-state index contributed by atoms with van der Waals surface area (Å²) in [5.74, 6) is -2.95. The molecule has 0 saturated heterocycles. The Hall–Kier alpha value is -2.09. The first-order chi connectivity index (χ1) is 10.2. The summed E-state index contributed by atoms with van der Waals surface area (Å²) in [6.07, 6.45) is -5.01. The van der Waals surface area contributed by atoms with Crippen molar-refractivity contribution in [1.82, 2.24) is 9.78 Å². The summed E-state index contributed by atoms with van der Waals surface area (Å²) in [5.41, 5.74) is 0.598. The van der Waals surface area contributed by atoms with E-state index in [1.807, 2.05) is 0 Å². The van der Waals surface area contributed by atoms with Crippen molar-refractivity contribution in [2.45, 2.75) is 19.6 Å². The highest BCUT2D eigenvalue weighted by molar-refractivity contribution is 6.31. The fourth-order valence-electron chi connectivity index (χ4n) is 1.75. The minimum atomic E-state index is -5.01. The third-order valence-corrected chi connectivity index (χ3v) is 3.20. The lowest BCUT2D eigenvalue weighted by Crippen LogP contribution is -2.30. The van der Waals surface area contributed by atoms with Crippen molar-refractivity contribution in [3.05, 3.63) is 46.4 Å². The van der Waals surface area contributed by atoms with Crippen molar-refractivity contribution in [3.63, 3.8) is 0 Å². The Bertz CT molecular complexity index is 692. The second-order valence-electron chi connectivity index (χ2n) is 4.48. The summed E-state index contributed by atoms with van der Waals surface area (Å²) in [7, 11) is 0. The van der Waals surface area contributed by atoms with Gasteiger partial charge in [0.25, 0.3) is 0 Å². The second-order valence-corrected chi connectivity index (χ2v) is 4.89. The zero-order valence-electron chi connectivity index (χ0n) is 11.2. The van der Waals surface area contributed by atoms with Crippen LogP contribution in [0, 0.1) is 12.7 Å². The number of aryl methyl sites for hydroxylation is 1. The summed E-state index contributed by atoms with van der Waals surface area (Å²) in [4.78, 5) is 10.9. The number of nitrogens with zero attached hydrogens (tertiary/aromatic N) is 2. The predicted molar refractivity (Wildman–Crippen MR) is 72.2 cm³/mol. The van der Waals surface area contributed by atoms with Gasteiger partial charge in [0.2, 0.25) is 0 Å². The molecular weight excluding hydrogens is 326 g/mol. The number of alkyl halides is 3. The summed E-state index contributed by atoms with van der Waals surface area (Å²) >= 11 is 5.88. The third-order valence-electron chi connectivity index (χ3n) is 2.85. The molecule has 1 aromatic carbocycles. The van der Waals surface area contributed by atoms with Gasteiger partial charge in [-0.3, -0.25) is 9.48 Å². The molecule has 0 unspecified atom stereocenters. The molecule has 0 aliphatic heterocycles. The van der Waals surface area contributed by atoms with Gasteiger partial charge in [-0.25, -0.2) is 4.39 Å². The van der Waals surface area contributed by atoms with E-state index in [0.717, 1.165) is 0 Å². The van der Waals surface area contributed by atoms with Crippen LogP contribution in [0.15, 0.2) is 24.3 Å². The van der Waals surface area contributed by atoms with E-state index in [1.165, 1.54) is 28.9 Å². The average molecular weight is 336 g/mol. The van der Waals surface area contributed by atoms with Gasteiger partial charge in [-0.1, -0.05) is 17.7 Å². The number of carbonyl (C=O) groups is 1. The van der Waals surface area contributed by atoms with Crippen LogP contribution in [0.4, 0.5) is 23.4 Å². The number of anilines is 1. The van der Waals surface area contributed by atoms with Crippen molar-refractivity contribution in [3.8, 4) is 0 Å². The highest BCUT2D eigenvalue weighted by atomic mass is 35.5. The quantitative estimate of drug-likeness (QED) is 0.872. The fraction of sp³-hybridized carbons (Fsp3) is 0.231. The first-order valence-corrected chi connectivity index (χ1v) is 6.42. The van der Waals surface area contributed by atoms with Crippen LogP contribution in [-0.4, -0.2) is 21.9 Å². The van der Waals surface area contributed by atoms with Gasteiger partial charge in [0, 0.05) is 22.3 Å². The fourth-order valence-corrected chi connectivity index (χ4v) is 1.97. The molecule has 118 valence electrons. The molecule has 4 nitrogen and oxygen atoms in total. The smallest absolute Gasteiger partial charge is 0.301 e. The molecule has 0 aliphatic carbocycles. The van der Waals surface area contributed by atoms with Crippen molar-refractivity contribution < 1.29 is 22.4 Å². The van der Waals surface area contributed by atoms with E-state index < -0.39 is 17.9 Å². The van der Waals surface area contributed by atoms with Crippen molar-refractivity contribution in [2.24, 2.45) is 0 Å². The van der Waals surface area contributed by atoms with Crippen LogP contribution < -0.4 is 5.32 Å². The number of carbonyl (C=O) groups excluding carboxylic acids is 1. The Kier molecular flexibility index (Phi) is 4.41. The first kappa shape index (κ1) is 16.3. The van der Waals surface area contributed by atoms with Gasteiger partial charge in [-0.2, -0.15) is 18.3 Å². The van der Waals surface area contributed by atoms with Gasteiger partial charge >= 0.3 is 12.1 Å². The predicted octanol–water partition coefficient (Wildman–Crippen LogP) is 3.53. The Balaban J connectivity index is 2.22. The lowest BCUT2D eigenvalue weighted by Gasteiger charge is -2.08. The van der Waals surface area contributed by atoms with Crippen LogP contribution in [0.3, 0.4) is 0 Å². The Morgan fingerprint density at radius 2 is 2.09 bits per heavy atom. The Labute approximate surface area is 127 Å². The summed E-state index contributed by atoms with van der Waals surface area (Å²) in [5, 5.41) is 5.61. The van der Waals surface area contributed by atoms with Crippen molar-refractivity contribution >= 4 is 23.3 Å².